The summed E-state index contributed by atoms with van der Waals surface area (Å²) >= 11 is 21.4. The van der Waals surface area contributed by atoms with Gasteiger partial charge >= 0.3 is 0 Å². The molecule has 0 N–H and O–H groups in total. The average Bonchev–Trinajstić information content (AvgIpc) is 2.76. The van der Waals surface area contributed by atoms with Crippen molar-refractivity contribution in [2.24, 2.45) is 0 Å². The molecule has 0 spiro atoms. The summed E-state index contributed by atoms with van der Waals surface area (Å²) in [6.07, 6.45) is 0. The van der Waals surface area contributed by atoms with Gasteiger partial charge in [0.15, 0.2) is 0 Å². The van der Waals surface area contributed by atoms with E-state index in [9.17, 15) is 0 Å². The van der Waals surface area contributed by atoms with Crippen molar-refractivity contribution in [3.63, 3.8) is 0 Å². The smallest absolute Gasteiger partial charge is 0.206 e. The third-order valence-corrected chi connectivity index (χ3v) is 4.41. The highest BCUT2D eigenvalue weighted by Gasteiger charge is 2.39. The summed E-state index contributed by atoms with van der Waals surface area (Å²) in [7, 11) is 0. The van der Waals surface area contributed by atoms with Crippen LogP contribution in [0.2, 0.25) is 15.1 Å². The van der Waals surface area contributed by atoms with Crippen molar-refractivity contribution in [2.45, 2.75) is 5.79 Å². The Hall–Kier alpha value is 0.490. The predicted octanol–water partition coefficient (Wildman–Crippen LogP) is 4.24. The van der Waals surface area contributed by atoms with Gasteiger partial charge in [0, 0.05) is 5.56 Å². The van der Waals surface area contributed by atoms with Crippen molar-refractivity contribution in [1.29, 1.82) is 0 Å². The number of ether oxygens (including phenoxy) is 2. The van der Waals surface area contributed by atoms with Gasteiger partial charge in [0.2, 0.25) is 5.79 Å². The van der Waals surface area contributed by atoms with Gasteiger partial charge in [0.05, 0.1) is 33.6 Å². The zero-order valence-electron chi connectivity index (χ0n) is 8.10. The molecule has 1 aromatic carbocycles. The zero-order chi connectivity index (χ0) is 11.8. The second-order valence-electron chi connectivity index (χ2n) is 3.31. The first kappa shape index (κ1) is 12.9. The summed E-state index contributed by atoms with van der Waals surface area (Å²) in [6.45, 7) is 1.06. The van der Waals surface area contributed by atoms with Gasteiger partial charge in [-0.2, -0.15) is 0 Å². The summed E-state index contributed by atoms with van der Waals surface area (Å²) < 4.78 is 11.2. The monoisotopic (exact) mass is 344 g/mol. The Morgan fingerprint density at radius 1 is 1.12 bits per heavy atom. The number of rotatable bonds is 2. The first-order chi connectivity index (χ1) is 7.60. The van der Waals surface area contributed by atoms with Crippen LogP contribution in [0, 0.1) is 0 Å². The molecule has 1 saturated heterocycles. The summed E-state index contributed by atoms with van der Waals surface area (Å²) in [6, 6.07) is 3.45. The third-order valence-electron chi connectivity index (χ3n) is 2.38. The fourth-order valence-electron chi connectivity index (χ4n) is 1.58. The minimum atomic E-state index is -0.856. The first-order valence-electron chi connectivity index (χ1n) is 4.58. The standard InChI is InChI=1S/C10H8BrCl3O2/c11-5-10(15-3-4-16-10)6-1-2-7(12)9(14)8(6)13/h1-2H,3-5H2. The average molecular weight is 346 g/mol. The molecular formula is C10H8BrCl3O2. The number of hydrogen-bond donors (Lipinski definition) is 0. The van der Waals surface area contributed by atoms with E-state index in [-0.39, 0.29) is 0 Å². The minimum absolute atomic E-state index is 0.320. The SMILES string of the molecule is Clc1ccc(C2(CBr)OCCO2)c(Cl)c1Cl. The molecule has 6 heteroatoms. The van der Waals surface area contributed by atoms with Crippen LogP contribution in [-0.2, 0) is 15.3 Å². The highest BCUT2D eigenvalue weighted by atomic mass is 79.9. The topological polar surface area (TPSA) is 18.5 Å². The number of halogens is 4. The van der Waals surface area contributed by atoms with Crippen LogP contribution >= 0.6 is 50.7 Å². The second kappa shape index (κ2) is 5.01. The molecule has 16 heavy (non-hydrogen) atoms. The summed E-state index contributed by atoms with van der Waals surface area (Å²) in [4.78, 5) is 0. The fraction of sp³-hybridized carbons (Fsp3) is 0.400. The molecule has 0 bridgehead atoms. The Bertz CT molecular complexity index is 405. The molecule has 0 atom stereocenters. The Morgan fingerprint density at radius 2 is 1.75 bits per heavy atom. The Kier molecular flexibility index (Phi) is 4.05. The predicted molar refractivity (Wildman–Crippen MR) is 68.8 cm³/mol. The van der Waals surface area contributed by atoms with Gasteiger partial charge in [-0.25, -0.2) is 0 Å². The minimum Gasteiger partial charge on any atom is -0.343 e. The lowest BCUT2D eigenvalue weighted by Crippen LogP contribution is -2.29. The zero-order valence-corrected chi connectivity index (χ0v) is 12.0. The maximum Gasteiger partial charge on any atom is 0.206 e. The van der Waals surface area contributed by atoms with E-state index in [0.717, 1.165) is 0 Å². The quantitative estimate of drug-likeness (QED) is 0.589. The van der Waals surface area contributed by atoms with Crippen molar-refractivity contribution >= 4 is 50.7 Å². The fourth-order valence-corrected chi connectivity index (χ4v) is 2.88. The maximum absolute atomic E-state index is 6.15. The number of hydrogen-bond acceptors (Lipinski definition) is 2. The van der Waals surface area contributed by atoms with Crippen molar-refractivity contribution in [3.8, 4) is 0 Å². The molecule has 1 aliphatic heterocycles. The summed E-state index contributed by atoms with van der Waals surface area (Å²) in [5, 5.41) is 1.59. The van der Waals surface area contributed by atoms with Crippen molar-refractivity contribution in [1.82, 2.24) is 0 Å². The van der Waals surface area contributed by atoms with Crippen molar-refractivity contribution in [2.75, 3.05) is 18.5 Å². The third kappa shape index (κ3) is 2.09. The Morgan fingerprint density at radius 3 is 2.31 bits per heavy atom. The van der Waals surface area contributed by atoms with Gasteiger partial charge < -0.3 is 9.47 Å². The first-order valence-corrected chi connectivity index (χ1v) is 6.84. The molecule has 1 aromatic rings. The molecule has 1 fully saturated rings. The van der Waals surface area contributed by atoms with Crippen molar-refractivity contribution < 1.29 is 9.47 Å². The lowest BCUT2D eigenvalue weighted by molar-refractivity contribution is -0.144. The van der Waals surface area contributed by atoms with Gasteiger partial charge in [0.1, 0.15) is 0 Å². The van der Waals surface area contributed by atoms with E-state index in [1.54, 1.807) is 12.1 Å². The lowest BCUT2D eigenvalue weighted by Gasteiger charge is -2.26. The molecule has 0 saturated carbocycles. The molecule has 0 unspecified atom stereocenters. The van der Waals surface area contributed by atoms with E-state index < -0.39 is 5.79 Å². The molecule has 1 heterocycles. The number of alkyl halides is 1. The largest absolute Gasteiger partial charge is 0.343 e. The van der Waals surface area contributed by atoms with E-state index in [4.69, 9.17) is 44.3 Å². The Balaban J connectivity index is 2.51. The molecule has 0 radical (unpaired) electrons. The van der Waals surface area contributed by atoms with Gasteiger partial charge in [-0.3, -0.25) is 0 Å². The highest BCUT2D eigenvalue weighted by molar-refractivity contribution is 9.09. The van der Waals surface area contributed by atoms with Gasteiger partial charge in [-0.05, 0) is 6.07 Å². The van der Waals surface area contributed by atoms with Gasteiger partial charge in [0.25, 0.3) is 0 Å². The molecule has 0 aliphatic carbocycles. The van der Waals surface area contributed by atoms with Crippen LogP contribution in [0.25, 0.3) is 0 Å². The van der Waals surface area contributed by atoms with E-state index in [2.05, 4.69) is 15.9 Å². The van der Waals surface area contributed by atoms with E-state index in [1.807, 2.05) is 0 Å². The molecule has 2 rings (SSSR count). The molecule has 0 aromatic heterocycles. The summed E-state index contributed by atoms with van der Waals surface area (Å²) in [5.41, 5.74) is 0.693. The molecule has 1 aliphatic rings. The van der Waals surface area contributed by atoms with Crippen LogP contribution in [0.4, 0.5) is 0 Å². The molecular weight excluding hydrogens is 338 g/mol. The maximum atomic E-state index is 6.15. The van der Waals surface area contributed by atoms with E-state index in [0.29, 0.717) is 39.2 Å². The van der Waals surface area contributed by atoms with Crippen molar-refractivity contribution in [3.05, 3.63) is 32.8 Å². The van der Waals surface area contributed by atoms with Crippen LogP contribution in [0.5, 0.6) is 0 Å². The molecule has 0 amide bonds. The van der Waals surface area contributed by atoms with Crippen LogP contribution in [-0.4, -0.2) is 18.5 Å². The van der Waals surface area contributed by atoms with Crippen LogP contribution in [0.15, 0.2) is 12.1 Å². The van der Waals surface area contributed by atoms with E-state index >= 15 is 0 Å². The lowest BCUT2D eigenvalue weighted by atomic mass is 10.1. The van der Waals surface area contributed by atoms with Crippen LogP contribution in [0.1, 0.15) is 5.56 Å². The van der Waals surface area contributed by atoms with Crippen LogP contribution in [0.3, 0.4) is 0 Å². The normalized spacial score (nSPS) is 19.0. The van der Waals surface area contributed by atoms with Crippen LogP contribution < -0.4 is 0 Å². The summed E-state index contributed by atoms with van der Waals surface area (Å²) in [5.74, 6) is -0.856. The second-order valence-corrected chi connectivity index (χ2v) is 5.03. The van der Waals surface area contributed by atoms with Gasteiger partial charge in [-0.15, -0.1) is 0 Å². The highest BCUT2D eigenvalue weighted by Crippen LogP contribution is 2.42. The molecule has 2 nitrogen and oxygen atoms in total. The number of benzene rings is 1. The van der Waals surface area contributed by atoms with E-state index in [1.165, 1.54) is 0 Å². The van der Waals surface area contributed by atoms with Gasteiger partial charge in [-0.1, -0.05) is 56.8 Å². The molecule has 88 valence electrons. The Labute approximate surface area is 117 Å².